The number of rotatable bonds is 5. The van der Waals surface area contributed by atoms with Gasteiger partial charge in [-0.05, 0) is 30.7 Å². The lowest BCUT2D eigenvalue weighted by Crippen LogP contribution is -2.50. The van der Waals surface area contributed by atoms with Gasteiger partial charge in [0.25, 0.3) is 5.91 Å². The number of likely N-dealkylation sites (tertiary alicyclic amines) is 1. The maximum absolute atomic E-state index is 13.8. The lowest BCUT2D eigenvalue weighted by Gasteiger charge is -2.35. The summed E-state index contributed by atoms with van der Waals surface area (Å²) in [6.45, 7) is 2.24. The number of hydrogen-bond donors (Lipinski definition) is 2. The van der Waals surface area contributed by atoms with Crippen molar-refractivity contribution in [3.8, 4) is 0 Å². The van der Waals surface area contributed by atoms with Gasteiger partial charge >= 0.3 is 6.09 Å². The van der Waals surface area contributed by atoms with Crippen LogP contribution in [0, 0.1) is 6.92 Å². The summed E-state index contributed by atoms with van der Waals surface area (Å²) in [7, 11) is 0. The Labute approximate surface area is 212 Å². The lowest BCUT2D eigenvalue weighted by atomic mass is 9.90. The molecule has 1 saturated heterocycles. The summed E-state index contributed by atoms with van der Waals surface area (Å²) >= 11 is 6.23. The second kappa shape index (κ2) is 9.58. The zero-order valence-electron chi connectivity index (χ0n) is 19.5. The van der Waals surface area contributed by atoms with Gasteiger partial charge in [0.15, 0.2) is 5.60 Å². The van der Waals surface area contributed by atoms with E-state index in [9.17, 15) is 14.4 Å². The summed E-state index contributed by atoms with van der Waals surface area (Å²) in [4.78, 5) is 48.8. The molecule has 10 heteroatoms. The number of fused-ring (bicyclic) bond motifs is 2. The predicted octanol–water partition coefficient (Wildman–Crippen LogP) is 3.47. The van der Waals surface area contributed by atoms with E-state index in [0.717, 1.165) is 11.1 Å². The van der Waals surface area contributed by atoms with Crippen molar-refractivity contribution in [2.24, 2.45) is 0 Å². The molecule has 3 amide bonds. The fourth-order valence-electron chi connectivity index (χ4n) is 4.67. The van der Waals surface area contributed by atoms with E-state index in [-0.39, 0.29) is 18.0 Å². The van der Waals surface area contributed by atoms with Crippen molar-refractivity contribution in [3.05, 3.63) is 88.5 Å². The predicted molar refractivity (Wildman–Crippen MR) is 133 cm³/mol. The lowest BCUT2D eigenvalue weighted by molar-refractivity contribution is -0.133. The number of halogens is 1. The fourth-order valence-corrected chi connectivity index (χ4v) is 4.84. The minimum Gasteiger partial charge on any atom is -0.436 e. The minimum absolute atomic E-state index is 0.154. The molecule has 2 aliphatic heterocycles. The van der Waals surface area contributed by atoms with Gasteiger partial charge in [0.05, 0.1) is 17.8 Å². The molecule has 1 fully saturated rings. The van der Waals surface area contributed by atoms with Gasteiger partial charge in [0.1, 0.15) is 11.9 Å². The number of nitrogens with one attached hydrogen (secondary N) is 2. The first-order chi connectivity index (χ1) is 17.3. The van der Waals surface area contributed by atoms with Crippen LogP contribution in [0.1, 0.15) is 33.7 Å². The molecule has 1 aromatic heterocycles. The van der Waals surface area contributed by atoms with Gasteiger partial charge in [0.2, 0.25) is 5.91 Å². The Balaban J connectivity index is 1.40. The fraction of sp³-hybridized carbons (Fsp3) is 0.269. The number of carbonyl (C=O) groups excluding carboxylic acids is 3. The van der Waals surface area contributed by atoms with Crippen LogP contribution >= 0.6 is 11.6 Å². The number of benzene rings is 2. The minimum atomic E-state index is -1.01. The summed E-state index contributed by atoms with van der Waals surface area (Å²) in [5.74, 6) is -0.165. The summed E-state index contributed by atoms with van der Waals surface area (Å²) in [5, 5.41) is 6.06. The normalized spacial score (nSPS) is 19.3. The summed E-state index contributed by atoms with van der Waals surface area (Å²) in [5.41, 5.74) is 1.49. The maximum atomic E-state index is 13.8. The SMILES string of the molecule is Cc1ncc(C(=O)N[C@@H](Cc2ccccc2)C(=O)N2CCC3(C2)OC(=O)Nc2ccc(Cl)cc23)cn1. The molecule has 2 atom stereocenters. The van der Waals surface area contributed by atoms with Gasteiger partial charge in [0, 0.05) is 42.4 Å². The monoisotopic (exact) mass is 505 g/mol. The Morgan fingerprint density at radius 1 is 1.19 bits per heavy atom. The highest BCUT2D eigenvalue weighted by molar-refractivity contribution is 6.30. The molecule has 184 valence electrons. The molecule has 2 N–H and O–H groups in total. The van der Waals surface area contributed by atoms with E-state index in [1.54, 1.807) is 30.0 Å². The van der Waals surface area contributed by atoms with Crippen molar-refractivity contribution in [1.29, 1.82) is 0 Å². The molecule has 0 bridgehead atoms. The molecule has 0 radical (unpaired) electrons. The quantitative estimate of drug-likeness (QED) is 0.549. The van der Waals surface area contributed by atoms with Crippen molar-refractivity contribution in [3.63, 3.8) is 0 Å². The molecule has 36 heavy (non-hydrogen) atoms. The second-order valence-electron chi connectivity index (χ2n) is 8.94. The molecule has 1 spiro atoms. The highest BCUT2D eigenvalue weighted by Crippen LogP contribution is 2.43. The van der Waals surface area contributed by atoms with Crippen LogP contribution in [0.25, 0.3) is 0 Å². The molecule has 5 rings (SSSR count). The summed E-state index contributed by atoms with van der Waals surface area (Å²) in [6.07, 6.45) is 3.00. The number of amides is 3. The van der Waals surface area contributed by atoms with Crippen LogP contribution in [0.2, 0.25) is 5.02 Å². The Morgan fingerprint density at radius 2 is 1.94 bits per heavy atom. The van der Waals surface area contributed by atoms with Crippen LogP contribution in [0.5, 0.6) is 0 Å². The third-order valence-corrected chi connectivity index (χ3v) is 6.71. The Morgan fingerprint density at radius 3 is 2.69 bits per heavy atom. The second-order valence-corrected chi connectivity index (χ2v) is 9.38. The number of nitrogens with zero attached hydrogens (tertiary/aromatic N) is 3. The molecule has 0 aliphatic carbocycles. The summed E-state index contributed by atoms with van der Waals surface area (Å²) < 4.78 is 5.75. The Hall–Kier alpha value is -3.98. The van der Waals surface area contributed by atoms with Crippen molar-refractivity contribution in [2.45, 2.75) is 31.4 Å². The van der Waals surface area contributed by atoms with Crippen LogP contribution in [0.3, 0.4) is 0 Å². The standard InChI is InChI=1S/C26H24ClN5O4/c1-16-28-13-18(14-29-16)23(33)30-22(11-17-5-3-2-4-6-17)24(34)32-10-9-26(15-32)20-12-19(27)7-8-21(20)31-25(35)36-26/h2-8,12-14,22H,9-11,15H2,1H3,(H,30,33)(H,31,35)/t22-,26?/m0/s1. The first-order valence-corrected chi connectivity index (χ1v) is 11.9. The highest BCUT2D eigenvalue weighted by Gasteiger charge is 2.49. The number of aromatic nitrogens is 2. The number of hydrogen-bond acceptors (Lipinski definition) is 6. The van der Waals surface area contributed by atoms with Gasteiger partial charge in [-0.2, -0.15) is 0 Å². The average Bonchev–Trinajstić information content (AvgIpc) is 3.29. The van der Waals surface area contributed by atoms with E-state index in [1.165, 1.54) is 12.4 Å². The van der Waals surface area contributed by atoms with E-state index >= 15 is 0 Å². The summed E-state index contributed by atoms with van der Waals surface area (Å²) in [6, 6.07) is 13.8. The van der Waals surface area contributed by atoms with E-state index in [2.05, 4.69) is 20.6 Å². The number of anilines is 1. The van der Waals surface area contributed by atoms with Crippen LogP contribution in [0.4, 0.5) is 10.5 Å². The number of aryl methyl sites for hydroxylation is 1. The van der Waals surface area contributed by atoms with E-state index < -0.39 is 23.6 Å². The molecule has 2 aliphatic rings. The van der Waals surface area contributed by atoms with Crippen LogP contribution < -0.4 is 10.6 Å². The molecule has 2 aromatic carbocycles. The molecule has 3 aromatic rings. The zero-order valence-corrected chi connectivity index (χ0v) is 20.3. The van der Waals surface area contributed by atoms with Gasteiger partial charge in [-0.3, -0.25) is 14.9 Å². The topological polar surface area (TPSA) is 114 Å². The van der Waals surface area contributed by atoms with Crippen LogP contribution in [-0.2, 0) is 21.6 Å². The third kappa shape index (κ3) is 4.74. The first-order valence-electron chi connectivity index (χ1n) is 11.6. The number of carbonyl (C=O) groups is 3. The van der Waals surface area contributed by atoms with Crippen molar-refractivity contribution in [2.75, 3.05) is 18.4 Å². The van der Waals surface area contributed by atoms with Crippen LogP contribution in [0.15, 0.2) is 60.9 Å². The van der Waals surface area contributed by atoms with E-state index in [0.29, 0.717) is 35.9 Å². The van der Waals surface area contributed by atoms with Gasteiger partial charge in [-0.25, -0.2) is 14.8 Å². The Kier molecular flexibility index (Phi) is 6.32. The molecular weight excluding hydrogens is 482 g/mol. The van der Waals surface area contributed by atoms with E-state index in [4.69, 9.17) is 16.3 Å². The van der Waals surface area contributed by atoms with Crippen molar-refractivity contribution >= 4 is 35.2 Å². The van der Waals surface area contributed by atoms with Crippen molar-refractivity contribution < 1.29 is 19.1 Å². The molecule has 9 nitrogen and oxygen atoms in total. The zero-order chi connectivity index (χ0) is 25.3. The van der Waals surface area contributed by atoms with E-state index in [1.807, 2.05) is 30.3 Å². The molecular formula is C26H24ClN5O4. The number of ether oxygens (including phenoxy) is 1. The highest BCUT2D eigenvalue weighted by atomic mass is 35.5. The Bertz CT molecular complexity index is 1320. The van der Waals surface area contributed by atoms with Crippen molar-refractivity contribution in [1.82, 2.24) is 20.2 Å². The van der Waals surface area contributed by atoms with Gasteiger partial charge in [-0.15, -0.1) is 0 Å². The van der Waals surface area contributed by atoms with Gasteiger partial charge in [-0.1, -0.05) is 41.9 Å². The molecule has 0 saturated carbocycles. The third-order valence-electron chi connectivity index (χ3n) is 6.47. The first kappa shape index (κ1) is 23.7. The largest absolute Gasteiger partial charge is 0.436 e. The van der Waals surface area contributed by atoms with Crippen LogP contribution in [-0.4, -0.2) is 51.9 Å². The average molecular weight is 506 g/mol. The van der Waals surface area contributed by atoms with Gasteiger partial charge < -0.3 is 15.0 Å². The molecule has 1 unspecified atom stereocenters. The smallest absolute Gasteiger partial charge is 0.412 e. The molecule has 3 heterocycles. The maximum Gasteiger partial charge on any atom is 0.412 e.